The number of esters is 1. The highest BCUT2D eigenvalue weighted by Gasteiger charge is 1.79. The Morgan fingerprint density at radius 2 is 1.79 bits per heavy atom. The Morgan fingerprint density at radius 3 is 1.79 bits per heavy atom. The van der Waals surface area contributed by atoms with Gasteiger partial charge in [0.2, 0.25) is 0 Å². The van der Waals surface area contributed by atoms with Gasteiger partial charge >= 0.3 is 5.97 Å². The van der Waals surface area contributed by atoms with E-state index < -0.39 is 0 Å². The van der Waals surface area contributed by atoms with Gasteiger partial charge < -0.3 is 4.74 Å². The molecule has 0 aromatic carbocycles. The molecule has 0 N–H and O–H groups in total. The number of carbonyl (C=O) groups is 1. The van der Waals surface area contributed by atoms with Gasteiger partial charge in [0, 0.05) is 13.0 Å². The minimum Gasteiger partial charge on any atom is -0.435 e. The molecule has 0 rings (SSSR count). The van der Waals surface area contributed by atoms with Crippen LogP contribution in [0.15, 0.2) is 36.6 Å². The van der Waals surface area contributed by atoms with Crippen molar-refractivity contribution < 1.29 is 9.53 Å². The van der Waals surface area contributed by atoms with Crippen molar-refractivity contribution in [3.63, 3.8) is 0 Å². The summed E-state index contributed by atoms with van der Waals surface area (Å²) >= 11 is 9.69. The van der Waals surface area contributed by atoms with E-state index in [1.807, 2.05) is 0 Å². The van der Waals surface area contributed by atoms with E-state index in [4.69, 9.17) is 28.5 Å². The molecule has 5 heteroatoms. The molecule has 0 bridgehead atoms. The Hall–Kier alpha value is -1.24. The predicted octanol–water partition coefficient (Wildman–Crippen LogP) is 3.32. The van der Waals surface area contributed by atoms with Crippen LogP contribution >= 0.6 is 23.2 Å². The molecule has 0 heterocycles. The lowest BCUT2D eigenvalue weighted by atomic mass is 10.8. The maximum atomic E-state index is 9.75. The Labute approximate surface area is 93.9 Å². The van der Waals surface area contributed by atoms with Crippen LogP contribution in [0.1, 0.15) is 6.92 Å². The largest absolute Gasteiger partial charge is 0.435 e. The monoisotopic (exact) mass is 235 g/mol. The molecule has 0 fully saturated rings. The van der Waals surface area contributed by atoms with E-state index in [0.717, 1.165) is 6.26 Å². The van der Waals surface area contributed by atoms with Crippen LogP contribution in [0.4, 0.5) is 0 Å². The first-order valence-corrected chi connectivity index (χ1v) is 3.96. The highest BCUT2D eigenvalue weighted by molar-refractivity contribution is 6.55. The molecule has 0 saturated carbocycles. The first-order chi connectivity index (χ1) is 6.42. The third-order valence-corrected chi connectivity index (χ3v) is 0.341. The lowest BCUT2D eigenvalue weighted by Gasteiger charge is -1.83. The Morgan fingerprint density at radius 1 is 1.50 bits per heavy atom. The third kappa shape index (κ3) is 135. The number of ether oxygens (including phenoxy) is 1. The summed E-state index contributed by atoms with van der Waals surface area (Å²) in [5, 5.41) is 7.51. The van der Waals surface area contributed by atoms with Crippen molar-refractivity contribution in [3.8, 4) is 6.07 Å². The zero-order valence-electron chi connectivity index (χ0n) is 7.80. The van der Waals surface area contributed by atoms with Crippen LogP contribution in [0.25, 0.3) is 0 Å². The number of rotatable bonds is 1. The van der Waals surface area contributed by atoms with E-state index in [0.29, 0.717) is 0 Å². The summed E-state index contributed by atoms with van der Waals surface area (Å²) < 4.78 is 4.28. The van der Waals surface area contributed by atoms with E-state index >= 15 is 0 Å². The SMILES string of the molecule is C=C(Cl)Cl.C=CC#N.C=COC(C)=O. The smallest absolute Gasteiger partial charge is 0.307 e. The zero-order valence-corrected chi connectivity index (χ0v) is 9.31. The number of carbonyl (C=O) groups excluding carboxylic acids is 1. The van der Waals surface area contributed by atoms with Crippen LogP contribution in [0.3, 0.4) is 0 Å². The third-order valence-electron chi connectivity index (χ3n) is 0.341. The van der Waals surface area contributed by atoms with Gasteiger partial charge in [0.05, 0.1) is 16.8 Å². The number of nitrogens with zero attached hydrogens (tertiary/aromatic N) is 1. The standard InChI is InChI=1S/C4H6O2.C3H3N.C2H2Cl2/c1-3-6-4(2)5;1-2-3-4;1-2(3)4/h3H,1H2,2H3;2H,1H2;1H2. The fraction of sp³-hybridized carbons (Fsp3) is 0.111. The minimum absolute atomic E-state index is 0.111. The molecular formula is C9H11Cl2NO2. The van der Waals surface area contributed by atoms with Crippen molar-refractivity contribution >= 4 is 29.2 Å². The molecule has 0 aliphatic carbocycles. The topological polar surface area (TPSA) is 50.1 Å². The molecule has 0 saturated heterocycles. The minimum atomic E-state index is -0.329. The molecule has 0 aromatic heterocycles. The lowest BCUT2D eigenvalue weighted by molar-refractivity contribution is -0.135. The first kappa shape index (κ1) is 18.5. The van der Waals surface area contributed by atoms with E-state index in [1.54, 1.807) is 6.07 Å². The van der Waals surface area contributed by atoms with Gasteiger partial charge in [-0.1, -0.05) is 42.9 Å². The Bertz CT molecular complexity index is 227. The van der Waals surface area contributed by atoms with Gasteiger partial charge in [0.15, 0.2) is 0 Å². The molecule has 0 atom stereocenters. The number of allylic oxidation sites excluding steroid dienone is 1. The summed E-state index contributed by atoms with van der Waals surface area (Å²) in [5.74, 6) is -0.329. The first-order valence-electron chi connectivity index (χ1n) is 3.20. The average Bonchev–Trinajstić information content (AvgIpc) is 2.03. The highest BCUT2D eigenvalue weighted by Crippen LogP contribution is 1.98. The fourth-order valence-corrected chi connectivity index (χ4v) is 0.117. The summed E-state index contributed by atoms with van der Waals surface area (Å²) in [7, 11) is 0. The van der Waals surface area contributed by atoms with E-state index in [9.17, 15) is 4.79 Å². The highest BCUT2D eigenvalue weighted by atomic mass is 35.5. The van der Waals surface area contributed by atoms with Crippen LogP contribution in [0.5, 0.6) is 0 Å². The van der Waals surface area contributed by atoms with Gasteiger partial charge in [0.1, 0.15) is 0 Å². The molecule has 0 aliphatic heterocycles. The van der Waals surface area contributed by atoms with Crippen molar-refractivity contribution in [2.24, 2.45) is 0 Å². The van der Waals surface area contributed by atoms with Crippen molar-refractivity contribution in [1.29, 1.82) is 5.26 Å². The van der Waals surface area contributed by atoms with Crippen LogP contribution in [-0.4, -0.2) is 5.97 Å². The Kier molecular flexibility index (Phi) is 23.5. The van der Waals surface area contributed by atoms with Crippen molar-refractivity contribution in [2.45, 2.75) is 6.92 Å². The number of nitriles is 1. The van der Waals surface area contributed by atoms with Crippen molar-refractivity contribution in [1.82, 2.24) is 0 Å². The van der Waals surface area contributed by atoms with Crippen molar-refractivity contribution in [3.05, 3.63) is 36.6 Å². The van der Waals surface area contributed by atoms with E-state index in [1.165, 1.54) is 13.0 Å². The summed E-state index contributed by atoms with van der Waals surface area (Å²) in [6.45, 7) is 10.7. The normalized spacial score (nSPS) is 5.86. The molecular weight excluding hydrogens is 225 g/mol. The van der Waals surface area contributed by atoms with Crippen LogP contribution < -0.4 is 0 Å². The summed E-state index contributed by atoms with van der Waals surface area (Å²) in [6.07, 6.45) is 2.28. The molecule has 0 aromatic rings. The van der Waals surface area contributed by atoms with Gasteiger partial charge in [0.25, 0.3) is 0 Å². The number of halogens is 2. The van der Waals surface area contributed by atoms with Gasteiger partial charge in [-0.15, -0.1) is 0 Å². The van der Waals surface area contributed by atoms with Gasteiger partial charge in [-0.05, 0) is 0 Å². The second-order valence-electron chi connectivity index (χ2n) is 1.45. The van der Waals surface area contributed by atoms with E-state index in [2.05, 4.69) is 24.5 Å². The molecule has 14 heavy (non-hydrogen) atoms. The lowest BCUT2D eigenvalue weighted by Crippen LogP contribution is -1.87. The molecule has 0 radical (unpaired) electrons. The molecule has 0 aliphatic rings. The van der Waals surface area contributed by atoms with Crippen LogP contribution in [0, 0.1) is 11.3 Å². The van der Waals surface area contributed by atoms with Crippen LogP contribution in [0.2, 0.25) is 0 Å². The summed E-state index contributed by atoms with van der Waals surface area (Å²) in [4.78, 5) is 9.75. The summed E-state index contributed by atoms with van der Waals surface area (Å²) in [6, 6.07) is 1.69. The molecule has 0 amide bonds. The van der Waals surface area contributed by atoms with Gasteiger partial charge in [-0.25, -0.2) is 0 Å². The fourth-order valence-electron chi connectivity index (χ4n) is 0.117. The number of hydrogen-bond donors (Lipinski definition) is 0. The second kappa shape index (κ2) is 17.7. The molecule has 0 unspecified atom stereocenters. The van der Waals surface area contributed by atoms with Crippen molar-refractivity contribution in [2.75, 3.05) is 0 Å². The zero-order chi connectivity index (χ0) is 12.0. The molecule has 3 nitrogen and oxygen atoms in total. The van der Waals surface area contributed by atoms with Gasteiger partial charge in [-0.3, -0.25) is 4.79 Å². The average molecular weight is 236 g/mol. The number of hydrogen-bond acceptors (Lipinski definition) is 3. The molecule has 0 spiro atoms. The summed E-state index contributed by atoms with van der Waals surface area (Å²) in [5.41, 5.74) is 0. The second-order valence-corrected chi connectivity index (χ2v) is 2.55. The molecule has 78 valence electrons. The van der Waals surface area contributed by atoms with E-state index in [-0.39, 0.29) is 10.5 Å². The maximum absolute atomic E-state index is 9.75. The quantitative estimate of drug-likeness (QED) is 0.398. The maximum Gasteiger partial charge on any atom is 0.307 e. The predicted molar refractivity (Wildman–Crippen MR) is 58.6 cm³/mol. The Balaban J connectivity index is -0.000000135. The van der Waals surface area contributed by atoms with Crippen LogP contribution in [-0.2, 0) is 9.53 Å². The van der Waals surface area contributed by atoms with Gasteiger partial charge in [-0.2, -0.15) is 5.26 Å².